The van der Waals surface area contributed by atoms with E-state index in [1.807, 2.05) is 49.4 Å². The van der Waals surface area contributed by atoms with Crippen molar-refractivity contribution in [1.29, 1.82) is 0 Å². The SMILES string of the molecule is Cc1cccc(OCC(=O)NCCn2ncc3c(NCCc4ccccc4)ncnc32)c1. The summed E-state index contributed by atoms with van der Waals surface area (Å²) in [6.45, 7) is 3.64. The second-order valence-electron chi connectivity index (χ2n) is 7.44. The Labute approximate surface area is 186 Å². The molecule has 32 heavy (non-hydrogen) atoms. The maximum absolute atomic E-state index is 12.1. The average molecular weight is 431 g/mol. The topological polar surface area (TPSA) is 94.0 Å². The molecular weight excluding hydrogens is 404 g/mol. The highest BCUT2D eigenvalue weighted by atomic mass is 16.5. The number of amides is 1. The molecule has 8 nitrogen and oxygen atoms in total. The van der Waals surface area contributed by atoms with Crippen molar-refractivity contribution in [3.63, 3.8) is 0 Å². The van der Waals surface area contributed by atoms with Gasteiger partial charge in [-0.1, -0.05) is 42.5 Å². The van der Waals surface area contributed by atoms with E-state index < -0.39 is 0 Å². The van der Waals surface area contributed by atoms with Crippen LogP contribution in [-0.2, 0) is 17.8 Å². The molecule has 0 saturated carbocycles. The summed E-state index contributed by atoms with van der Waals surface area (Å²) in [5, 5.41) is 11.5. The van der Waals surface area contributed by atoms with Gasteiger partial charge in [-0.15, -0.1) is 0 Å². The van der Waals surface area contributed by atoms with E-state index in [4.69, 9.17) is 4.74 Å². The van der Waals surface area contributed by atoms with Crippen molar-refractivity contribution in [1.82, 2.24) is 25.1 Å². The number of nitrogens with zero attached hydrogens (tertiary/aromatic N) is 4. The van der Waals surface area contributed by atoms with E-state index in [9.17, 15) is 4.79 Å². The van der Waals surface area contributed by atoms with E-state index in [1.165, 1.54) is 11.9 Å². The monoisotopic (exact) mass is 430 g/mol. The highest BCUT2D eigenvalue weighted by Crippen LogP contribution is 2.18. The highest BCUT2D eigenvalue weighted by Gasteiger charge is 2.10. The quantitative estimate of drug-likeness (QED) is 0.402. The molecule has 0 bridgehead atoms. The zero-order valence-electron chi connectivity index (χ0n) is 18.0. The van der Waals surface area contributed by atoms with Crippen molar-refractivity contribution in [2.45, 2.75) is 19.9 Å². The predicted molar refractivity (Wildman–Crippen MR) is 124 cm³/mol. The Bertz CT molecular complexity index is 1180. The zero-order valence-corrected chi connectivity index (χ0v) is 18.0. The van der Waals surface area contributed by atoms with Gasteiger partial charge in [-0.2, -0.15) is 5.10 Å². The Morgan fingerprint density at radius 2 is 1.94 bits per heavy atom. The number of carbonyl (C=O) groups excluding carboxylic acids is 1. The van der Waals surface area contributed by atoms with Gasteiger partial charge in [-0.3, -0.25) is 4.79 Å². The number of fused-ring (bicyclic) bond motifs is 1. The highest BCUT2D eigenvalue weighted by molar-refractivity contribution is 5.86. The minimum Gasteiger partial charge on any atom is -0.484 e. The smallest absolute Gasteiger partial charge is 0.258 e. The molecule has 4 rings (SSSR count). The Morgan fingerprint density at radius 1 is 1.06 bits per heavy atom. The Hall–Kier alpha value is -3.94. The van der Waals surface area contributed by atoms with Gasteiger partial charge in [0.15, 0.2) is 12.3 Å². The fourth-order valence-corrected chi connectivity index (χ4v) is 3.37. The van der Waals surface area contributed by atoms with Crippen LogP contribution in [0.4, 0.5) is 5.82 Å². The van der Waals surface area contributed by atoms with Gasteiger partial charge in [-0.25, -0.2) is 14.6 Å². The molecule has 0 unspecified atom stereocenters. The molecule has 0 fully saturated rings. The van der Waals surface area contributed by atoms with Crippen LogP contribution in [0.1, 0.15) is 11.1 Å². The molecule has 0 aliphatic carbocycles. The van der Waals surface area contributed by atoms with Gasteiger partial charge in [0.05, 0.1) is 18.1 Å². The van der Waals surface area contributed by atoms with Crippen molar-refractivity contribution in [3.05, 3.63) is 78.2 Å². The molecule has 164 valence electrons. The third-order valence-corrected chi connectivity index (χ3v) is 4.99. The number of anilines is 1. The summed E-state index contributed by atoms with van der Waals surface area (Å²) in [7, 11) is 0. The molecule has 1 amide bonds. The van der Waals surface area contributed by atoms with Crippen LogP contribution in [0.15, 0.2) is 67.1 Å². The lowest BCUT2D eigenvalue weighted by atomic mass is 10.1. The summed E-state index contributed by atoms with van der Waals surface area (Å²) < 4.78 is 7.29. The molecule has 0 aliphatic rings. The molecule has 0 spiro atoms. The number of carbonyl (C=O) groups is 1. The molecule has 2 aromatic heterocycles. The van der Waals surface area contributed by atoms with Gasteiger partial charge in [0.2, 0.25) is 0 Å². The molecule has 2 aromatic carbocycles. The van der Waals surface area contributed by atoms with Gasteiger partial charge in [0.1, 0.15) is 17.9 Å². The second kappa shape index (κ2) is 10.4. The first-order chi connectivity index (χ1) is 15.7. The predicted octanol–water partition coefficient (Wildman–Crippen LogP) is 2.98. The van der Waals surface area contributed by atoms with E-state index in [2.05, 4.69) is 37.8 Å². The maximum atomic E-state index is 12.1. The summed E-state index contributed by atoms with van der Waals surface area (Å²) in [4.78, 5) is 20.8. The van der Waals surface area contributed by atoms with Gasteiger partial charge >= 0.3 is 0 Å². The summed E-state index contributed by atoms with van der Waals surface area (Å²) in [6, 6.07) is 17.9. The number of ether oxygens (including phenoxy) is 1. The fourth-order valence-electron chi connectivity index (χ4n) is 3.37. The molecule has 4 aromatic rings. The van der Waals surface area contributed by atoms with Gasteiger partial charge in [0, 0.05) is 13.1 Å². The van der Waals surface area contributed by atoms with Crippen LogP contribution >= 0.6 is 0 Å². The summed E-state index contributed by atoms with van der Waals surface area (Å²) in [6.07, 6.45) is 4.18. The molecule has 0 saturated heterocycles. The van der Waals surface area contributed by atoms with Crippen molar-refractivity contribution < 1.29 is 9.53 Å². The van der Waals surface area contributed by atoms with E-state index in [-0.39, 0.29) is 12.5 Å². The summed E-state index contributed by atoms with van der Waals surface area (Å²) in [5.74, 6) is 1.26. The van der Waals surface area contributed by atoms with Crippen LogP contribution in [0, 0.1) is 6.92 Å². The van der Waals surface area contributed by atoms with E-state index in [0.717, 1.165) is 35.4 Å². The third kappa shape index (κ3) is 5.60. The van der Waals surface area contributed by atoms with Crippen molar-refractivity contribution in [3.8, 4) is 5.75 Å². The first-order valence-corrected chi connectivity index (χ1v) is 10.6. The molecule has 0 aliphatic heterocycles. The summed E-state index contributed by atoms with van der Waals surface area (Å²) in [5.41, 5.74) is 3.08. The number of hydrogen-bond acceptors (Lipinski definition) is 6. The lowest BCUT2D eigenvalue weighted by Crippen LogP contribution is -2.31. The number of nitrogens with one attached hydrogen (secondary N) is 2. The Balaban J connectivity index is 1.27. The standard InChI is InChI=1S/C24H26N6O2/c1-18-6-5-9-20(14-18)32-16-22(31)25-12-13-30-24-21(15-29-30)23(27-17-28-24)26-11-10-19-7-3-2-4-8-19/h2-9,14-15,17H,10-13,16H2,1H3,(H,25,31)(H,26,27,28). The van der Waals surface area contributed by atoms with Gasteiger partial charge in [-0.05, 0) is 36.6 Å². The normalized spacial score (nSPS) is 10.8. The van der Waals surface area contributed by atoms with Crippen LogP contribution in [0.25, 0.3) is 11.0 Å². The molecule has 2 heterocycles. The molecule has 0 atom stereocenters. The fraction of sp³-hybridized carbons (Fsp3) is 0.250. The maximum Gasteiger partial charge on any atom is 0.258 e. The van der Waals surface area contributed by atoms with Crippen LogP contribution in [0.3, 0.4) is 0 Å². The first-order valence-electron chi connectivity index (χ1n) is 10.6. The number of hydrogen-bond donors (Lipinski definition) is 2. The molecule has 0 radical (unpaired) electrons. The van der Waals surface area contributed by atoms with Crippen LogP contribution in [-0.4, -0.2) is 45.4 Å². The van der Waals surface area contributed by atoms with Crippen molar-refractivity contribution in [2.75, 3.05) is 25.0 Å². The zero-order chi connectivity index (χ0) is 22.2. The third-order valence-electron chi connectivity index (χ3n) is 4.99. The number of rotatable bonds is 10. The minimum absolute atomic E-state index is 0.0268. The average Bonchev–Trinajstić information content (AvgIpc) is 3.22. The van der Waals surface area contributed by atoms with Crippen LogP contribution < -0.4 is 15.4 Å². The van der Waals surface area contributed by atoms with Crippen LogP contribution in [0.5, 0.6) is 5.75 Å². The Kier molecular flexibility index (Phi) is 6.91. The van der Waals surface area contributed by atoms with E-state index >= 15 is 0 Å². The van der Waals surface area contributed by atoms with Crippen molar-refractivity contribution >= 4 is 22.8 Å². The second-order valence-corrected chi connectivity index (χ2v) is 7.44. The van der Waals surface area contributed by atoms with E-state index in [1.54, 1.807) is 10.9 Å². The van der Waals surface area contributed by atoms with Gasteiger partial charge < -0.3 is 15.4 Å². The van der Waals surface area contributed by atoms with Crippen LogP contribution in [0.2, 0.25) is 0 Å². The lowest BCUT2D eigenvalue weighted by molar-refractivity contribution is -0.123. The number of aromatic nitrogens is 4. The first kappa shape index (κ1) is 21.3. The molecule has 8 heteroatoms. The molecular formula is C24H26N6O2. The molecule has 2 N–H and O–H groups in total. The number of benzene rings is 2. The largest absolute Gasteiger partial charge is 0.484 e. The number of aryl methyl sites for hydroxylation is 1. The van der Waals surface area contributed by atoms with E-state index in [0.29, 0.717) is 18.8 Å². The van der Waals surface area contributed by atoms with Gasteiger partial charge in [0.25, 0.3) is 5.91 Å². The summed E-state index contributed by atoms with van der Waals surface area (Å²) >= 11 is 0. The minimum atomic E-state index is -0.180. The van der Waals surface area contributed by atoms with Crippen molar-refractivity contribution in [2.24, 2.45) is 0 Å². The Morgan fingerprint density at radius 3 is 2.78 bits per heavy atom. The lowest BCUT2D eigenvalue weighted by Gasteiger charge is -2.09.